The highest BCUT2D eigenvalue weighted by Gasteiger charge is 2.32. The number of carbonyl (C=O) groups is 4. The fraction of sp³-hybridized carbons (Fsp3) is 0.636. The molecule has 182 valence electrons. The largest absolute Gasteiger partial charge is 0.454 e. The topological polar surface area (TPSA) is 124 Å². The van der Waals surface area contributed by atoms with Crippen LogP contribution in [0.4, 0.5) is 0 Å². The Balaban J connectivity index is 4.58. The molecule has 2 unspecified atom stereocenters. The molecule has 32 heavy (non-hydrogen) atoms. The Morgan fingerprint density at radius 1 is 0.688 bits per heavy atom. The van der Waals surface area contributed by atoms with Crippen molar-refractivity contribution in [1.82, 2.24) is 0 Å². The summed E-state index contributed by atoms with van der Waals surface area (Å²) in [7, 11) is 0. The van der Waals surface area contributed by atoms with Crippen molar-refractivity contribution in [1.29, 1.82) is 0 Å². The molecule has 0 aliphatic carbocycles. The Bertz CT molecular complexity index is 622. The lowest BCUT2D eigenvalue weighted by Gasteiger charge is -2.33. The third kappa shape index (κ3) is 12.9. The van der Waals surface area contributed by atoms with Crippen LogP contribution in [0.5, 0.6) is 0 Å². The first-order valence-electron chi connectivity index (χ1n) is 10.1. The van der Waals surface area contributed by atoms with Gasteiger partial charge in [-0.2, -0.15) is 0 Å². The second kappa shape index (κ2) is 13.6. The molecule has 0 aromatic rings. The van der Waals surface area contributed by atoms with Crippen LogP contribution in [0, 0.1) is 0 Å². The minimum atomic E-state index is -1.11. The van der Waals surface area contributed by atoms with Gasteiger partial charge in [0.1, 0.15) is 36.6 Å². The van der Waals surface area contributed by atoms with E-state index in [4.69, 9.17) is 19.2 Å². The lowest BCUT2D eigenvalue weighted by Crippen LogP contribution is -2.38. The molecular formula is C22H34O10. The van der Waals surface area contributed by atoms with Crippen molar-refractivity contribution in [2.45, 2.75) is 77.8 Å². The zero-order valence-corrected chi connectivity index (χ0v) is 19.6. The molecule has 0 amide bonds. The molecule has 0 spiro atoms. The second-order valence-electron chi connectivity index (χ2n) is 8.30. The van der Waals surface area contributed by atoms with Crippen LogP contribution < -0.4 is 0 Å². The molecule has 0 saturated heterocycles. The van der Waals surface area contributed by atoms with Crippen molar-refractivity contribution >= 4 is 23.9 Å². The standard InChI is InChI=1S/C22H34O10/c1-9-11-27-17(23)19(25)29-15(3)13-21(5,6)31-32-22(7,8)14-16(4)30-20(26)18(24)28-12-10-2/h9-10,15-16H,1-2,11-14H2,3-8H3. The minimum absolute atomic E-state index is 0.0937. The first kappa shape index (κ1) is 29.3. The Hall–Kier alpha value is -2.72. The van der Waals surface area contributed by atoms with Gasteiger partial charge >= 0.3 is 23.9 Å². The van der Waals surface area contributed by atoms with E-state index in [1.165, 1.54) is 12.2 Å². The summed E-state index contributed by atoms with van der Waals surface area (Å²) in [6, 6.07) is 0. The fourth-order valence-corrected chi connectivity index (χ4v) is 2.61. The van der Waals surface area contributed by atoms with Crippen molar-refractivity contribution in [2.24, 2.45) is 0 Å². The van der Waals surface area contributed by atoms with Crippen LogP contribution in [0.3, 0.4) is 0 Å². The van der Waals surface area contributed by atoms with Crippen LogP contribution in [0.15, 0.2) is 25.3 Å². The molecule has 0 saturated carbocycles. The van der Waals surface area contributed by atoms with Crippen molar-refractivity contribution in [3.8, 4) is 0 Å². The molecule has 10 heteroatoms. The van der Waals surface area contributed by atoms with Gasteiger partial charge < -0.3 is 18.9 Å². The maximum atomic E-state index is 11.7. The summed E-state index contributed by atoms with van der Waals surface area (Å²) < 4.78 is 19.3. The highest BCUT2D eigenvalue weighted by molar-refractivity contribution is 6.30. The number of esters is 4. The molecule has 0 aromatic heterocycles. The Labute approximate surface area is 188 Å². The number of hydrogen-bond donors (Lipinski definition) is 0. The minimum Gasteiger partial charge on any atom is -0.454 e. The monoisotopic (exact) mass is 458 g/mol. The van der Waals surface area contributed by atoms with Crippen molar-refractivity contribution in [3.05, 3.63) is 25.3 Å². The van der Waals surface area contributed by atoms with Gasteiger partial charge in [0.05, 0.1) is 0 Å². The summed E-state index contributed by atoms with van der Waals surface area (Å²) in [5.41, 5.74) is -1.78. The first-order valence-corrected chi connectivity index (χ1v) is 10.1. The van der Waals surface area contributed by atoms with Gasteiger partial charge in [-0.25, -0.2) is 29.0 Å². The summed E-state index contributed by atoms with van der Waals surface area (Å²) in [5, 5.41) is 0. The van der Waals surface area contributed by atoms with E-state index in [2.05, 4.69) is 22.6 Å². The summed E-state index contributed by atoms with van der Waals surface area (Å²) in [6.07, 6.45) is 1.76. The number of ether oxygens (including phenoxy) is 4. The molecule has 10 nitrogen and oxygen atoms in total. The van der Waals surface area contributed by atoms with E-state index in [-0.39, 0.29) is 26.1 Å². The van der Waals surface area contributed by atoms with Gasteiger partial charge in [0, 0.05) is 12.8 Å². The van der Waals surface area contributed by atoms with E-state index < -0.39 is 47.3 Å². The smallest absolute Gasteiger partial charge is 0.417 e. The third-order valence-corrected chi connectivity index (χ3v) is 3.67. The van der Waals surface area contributed by atoms with E-state index in [0.717, 1.165) is 0 Å². The third-order valence-electron chi connectivity index (χ3n) is 3.67. The predicted molar refractivity (Wildman–Crippen MR) is 113 cm³/mol. The molecule has 0 radical (unpaired) electrons. The Morgan fingerprint density at radius 3 is 1.28 bits per heavy atom. The lowest BCUT2D eigenvalue weighted by molar-refractivity contribution is -0.406. The number of rotatable bonds is 13. The second-order valence-corrected chi connectivity index (χ2v) is 8.30. The van der Waals surface area contributed by atoms with Gasteiger partial charge in [-0.15, -0.1) is 0 Å². The SMILES string of the molecule is C=CCOC(=O)C(=O)OC(C)CC(C)(C)OOC(C)(C)CC(C)OC(=O)C(=O)OCC=C. The highest BCUT2D eigenvalue weighted by atomic mass is 17.2. The molecule has 0 aliphatic rings. The van der Waals surface area contributed by atoms with E-state index in [9.17, 15) is 19.2 Å². The molecule has 0 aromatic carbocycles. The van der Waals surface area contributed by atoms with Crippen molar-refractivity contribution < 1.29 is 47.9 Å². The molecule has 0 heterocycles. The van der Waals surface area contributed by atoms with Gasteiger partial charge in [0.25, 0.3) is 0 Å². The van der Waals surface area contributed by atoms with Gasteiger partial charge in [-0.1, -0.05) is 25.3 Å². The fourth-order valence-electron chi connectivity index (χ4n) is 2.61. The van der Waals surface area contributed by atoms with E-state index in [1.807, 2.05) is 0 Å². The highest BCUT2D eigenvalue weighted by Crippen LogP contribution is 2.25. The van der Waals surface area contributed by atoms with Gasteiger partial charge in [-0.3, -0.25) is 0 Å². The summed E-state index contributed by atoms with van der Waals surface area (Å²) >= 11 is 0. The zero-order valence-electron chi connectivity index (χ0n) is 19.6. The van der Waals surface area contributed by atoms with E-state index >= 15 is 0 Å². The molecule has 0 aliphatic heterocycles. The van der Waals surface area contributed by atoms with Gasteiger partial charge in [0.2, 0.25) is 0 Å². The van der Waals surface area contributed by atoms with Gasteiger partial charge in [-0.05, 0) is 41.5 Å². The molecule has 0 fully saturated rings. The average molecular weight is 459 g/mol. The summed E-state index contributed by atoms with van der Waals surface area (Å²) in [6.45, 7) is 16.6. The maximum absolute atomic E-state index is 11.7. The Morgan fingerprint density at radius 2 is 1.00 bits per heavy atom. The summed E-state index contributed by atoms with van der Waals surface area (Å²) in [5.74, 6) is -4.44. The Kier molecular flexibility index (Phi) is 12.5. The van der Waals surface area contributed by atoms with Crippen LogP contribution in [0.1, 0.15) is 54.4 Å². The predicted octanol–water partition coefficient (Wildman–Crippen LogP) is 2.59. The van der Waals surface area contributed by atoms with Crippen LogP contribution in [0.2, 0.25) is 0 Å². The van der Waals surface area contributed by atoms with Crippen molar-refractivity contribution in [2.75, 3.05) is 13.2 Å². The van der Waals surface area contributed by atoms with E-state index in [1.54, 1.807) is 41.5 Å². The molecule has 2 atom stereocenters. The molecular weight excluding hydrogens is 424 g/mol. The number of carbonyl (C=O) groups excluding carboxylic acids is 4. The van der Waals surface area contributed by atoms with Crippen LogP contribution >= 0.6 is 0 Å². The van der Waals surface area contributed by atoms with Crippen molar-refractivity contribution in [3.63, 3.8) is 0 Å². The molecule has 0 rings (SSSR count). The summed E-state index contributed by atoms with van der Waals surface area (Å²) in [4.78, 5) is 57.3. The zero-order chi connectivity index (χ0) is 24.9. The maximum Gasteiger partial charge on any atom is 0.417 e. The quantitative estimate of drug-likeness (QED) is 0.102. The van der Waals surface area contributed by atoms with E-state index in [0.29, 0.717) is 0 Å². The first-order chi connectivity index (χ1) is 14.7. The van der Waals surface area contributed by atoms with Crippen LogP contribution in [-0.4, -0.2) is 60.5 Å². The van der Waals surface area contributed by atoms with Crippen LogP contribution in [0.25, 0.3) is 0 Å². The molecule has 0 bridgehead atoms. The average Bonchev–Trinajstić information content (AvgIpc) is 2.67. The van der Waals surface area contributed by atoms with Gasteiger partial charge in [0.15, 0.2) is 0 Å². The molecule has 0 N–H and O–H groups in total. The lowest BCUT2D eigenvalue weighted by atomic mass is 10.0. The van der Waals surface area contributed by atoms with Crippen LogP contribution in [-0.2, 0) is 47.9 Å². The normalized spacial score (nSPS) is 13.3. The number of hydrogen-bond acceptors (Lipinski definition) is 10.